The van der Waals surface area contributed by atoms with E-state index in [0.717, 1.165) is 0 Å². The second-order valence-corrected chi connectivity index (χ2v) is 6.21. The lowest BCUT2D eigenvalue weighted by Crippen LogP contribution is -2.13. The summed E-state index contributed by atoms with van der Waals surface area (Å²) in [5, 5.41) is 9.05. The van der Waals surface area contributed by atoms with E-state index in [-0.39, 0.29) is 26.2 Å². The smallest absolute Gasteiger partial charge is 0.262 e. The highest BCUT2D eigenvalue weighted by Gasteiger charge is 2.17. The number of halogens is 2. The van der Waals surface area contributed by atoms with E-state index in [4.69, 9.17) is 28.5 Å². The van der Waals surface area contributed by atoms with Gasteiger partial charge in [-0.05, 0) is 24.3 Å². The molecule has 1 aromatic carbocycles. The van der Waals surface area contributed by atoms with Crippen molar-refractivity contribution in [2.45, 2.75) is 4.90 Å². The second-order valence-electron chi connectivity index (χ2n) is 3.71. The Balaban J connectivity index is 2.39. The number of hydrogen-bond donors (Lipinski definition) is 1. The van der Waals surface area contributed by atoms with Crippen LogP contribution in [0, 0.1) is 11.3 Å². The number of nitriles is 1. The Bertz CT molecular complexity index is 801. The lowest BCUT2D eigenvalue weighted by molar-refractivity contribution is 0.601. The van der Waals surface area contributed by atoms with E-state index >= 15 is 0 Å². The molecule has 0 fully saturated rings. The largest absolute Gasteiger partial charge is 0.277 e. The van der Waals surface area contributed by atoms with Crippen LogP contribution in [0.2, 0.25) is 10.0 Å². The summed E-state index contributed by atoms with van der Waals surface area (Å²) >= 11 is 11.7. The maximum absolute atomic E-state index is 12.2. The number of pyridine rings is 1. The number of aromatic nitrogens is 1. The molecule has 0 saturated heterocycles. The molecule has 0 amide bonds. The molecule has 0 unspecified atom stereocenters. The third-order valence-electron chi connectivity index (χ3n) is 2.38. The number of anilines is 1. The van der Waals surface area contributed by atoms with Gasteiger partial charge >= 0.3 is 0 Å². The van der Waals surface area contributed by atoms with Gasteiger partial charge in [-0.25, -0.2) is 8.42 Å². The molecule has 0 aliphatic carbocycles. The van der Waals surface area contributed by atoms with Gasteiger partial charge in [-0.15, -0.1) is 0 Å². The van der Waals surface area contributed by atoms with Crippen LogP contribution in [-0.2, 0) is 10.0 Å². The molecule has 2 aromatic rings. The molecule has 5 nitrogen and oxygen atoms in total. The number of hydrogen-bond acceptors (Lipinski definition) is 4. The predicted molar refractivity (Wildman–Crippen MR) is 76.2 cm³/mol. The molecule has 102 valence electrons. The molecule has 0 spiro atoms. The van der Waals surface area contributed by atoms with E-state index in [1.807, 2.05) is 6.07 Å². The highest BCUT2D eigenvalue weighted by molar-refractivity contribution is 7.92. The van der Waals surface area contributed by atoms with Gasteiger partial charge in [-0.2, -0.15) is 5.26 Å². The number of nitrogens with zero attached hydrogens (tertiary/aromatic N) is 2. The summed E-state index contributed by atoms with van der Waals surface area (Å²) in [7, 11) is -3.85. The maximum Gasteiger partial charge on any atom is 0.262 e. The molecule has 1 heterocycles. The molecule has 0 aliphatic heterocycles. The van der Waals surface area contributed by atoms with E-state index in [1.54, 1.807) is 0 Å². The zero-order valence-corrected chi connectivity index (χ0v) is 12.2. The Morgan fingerprint density at radius 3 is 2.55 bits per heavy atom. The fraction of sp³-hybridized carbons (Fsp3) is 0. The van der Waals surface area contributed by atoms with Gasteiger partial charge in [0.2, 0.25) is 0 Å². The molecule has 0 atom stereocenters. The van der Waals surface area contributed by atoms with Crippen molar-refractivity contribution in [1.29, 1.82) is 5.26 Å². The first kappa shape index (κ1) is 14.6. The van der Waals surface area contributed by atoms with E-state index in [0.29, 0.717) is 0 Å². The zero-order valence-electron chi connectivity index (χ0n) is 9.84. The van der Waals surface area contributed by atoms with Gasteiger partial charge in [0.15, 0.2) is 0 Å². The average Bonchev–Trinajstić information content (AvgIpc) is 2.41. The average molecular weight is 328 g/mol. The van der Waals surface area contributed by atoms with Crippen LogP contribution >= 0.6 is 23.2 Å². The summed E-state index contributed by atoms with van der Waals surface area (Å²) in [4.78, 5) is 3.72. The van der Waals surface area contributed by atoms with Crippen molar-refractivity contribution < 1.29 is 8.42 Å². The Hall–Kier alpha value is -1.81. The van der Waals surface area contributed by atoms with Crippen LogP contribution in [0.15, 0.2) is 41.6 Å². The van der Waals surface area contributed by atoms with Crippen LogP contribution in [0.25, 0.3) is 0 Å². The molecule has 0 aliphatic rings. The number of sulfonamides is 1. The highest BCUT2D eigenvalue weighted by Crippen LogP contribution is 2.25. The van der Waals surface area contributed by atoms with Gasteiger partial charge in [0.25, 0.3) is 10.0 Å². The highest BCUT2D eigenvalue weighted by atomic mass is 35.5. The van der Waals surface area contributed by atoms with Gasteiger partial charge < -0.3 is 0 Å². The van der Waals surface area contributed by atoms with Crippen molar-refractivity contribution in [3.05, 3.63) is 52.3 Å². The lowest BCUT2D eigenvalue weighted by atomic mass is 10.2. The van der Waals surface area contributed by atoms with Gasteiger partial charge in [0.1, 0.15) is 6.07 Å². The number of nitrogens with one attached hydrogen (secondary N) is 1. The maximum atomic E-state index is 12.2. The Labute approximate surface area is 125 Å². The van der Waals surface area contributed by atoms with Crippen LogP contribution in [0.5, 0.6) is 0 Å². The van der Waals surface area contributed by atoms with E-state index in [9.17, 15) is 8.42 Å². The topological polar surface area (TPSA) is 82.8 Å². The quantitative estimate of drug-likeness (QED) is 0.939. The summed E-state index contributed by atoms with van der Waals surface area (Å²) in [5.41, 5.74) is 0.361. The second kappa shape index (κ2) is 5.67. The molecule has 2 rings (SSSR count). The van der Waals surface area contributed by atoms with Gasteiger partial charge in [0.05, 0.1) is 32.4 Å². The third kappa shape index (κ3) is 3.02. The van der Waals surface area contributed by atoms with Crippen molar-refractivity contribution in [3.63, 3.8) is 0 Å². The Morgan fingerprint density at radius 2 is 1.95 bits per heavy atom. The van der Waals surface area contributed by atoms with Gasteiger partial charge in [-0.1, -0.05) is 23.2 Å². The molecule has 1 aromatic heterocycles. The van der Waals surface area contributed by atoms with Crippen LogP contribution in [-0.4, -0.2) is 13.4 Å². The van der Waals surface area contributed by atoms with Crippen molar-refractivity contribution in [3.8, 4) is 6.07 Å². The summed E-state index contributed by atoms with van der Waals surface area (Å²) in [6.45, 7) is 0. The monoisotopic (exact) mass is 327 g/mol. The third-order valence-corrected chi connectivity index (χ3v) is 4.39. The number of benzene rings is 1. The van der Waals surface area contributed by atoms with Crippen molar-refractivity contribution in [2.75, 3.05) is 4.72 Å². The first-order chi connectivity index (χ1) is 9.44. The number of rotatable bonds is 3. The Kier molecular flexibility index (Phi) is 4.14. The lowest BCUT2D eigenvalue weighted by Gasteiger charge is -2.09. The summed E-state index contributed by atoms with van der Waals surface area (Å²) in [6, 6.07) is 7.14. The van der Waals surface area contributed by atoms with Crippen LogP contribution < -0.4 is 4.72 Å². The normalized spacial score (nSPS) is 10.8. The molecular formula is C12H7Cl2N3O2S. The summed E-state index contributed by atoms with van der Waals surface area (Å²) < 4.78 is 26.6. The molecule has 20 heavy (non-hydrogen) atoms. The predicted octanol–water partition coefficient (Wildman–Crippen LogP) is 3.06. The fourth-order valence-corrected chi connectivity index (χ4v) is 3.00. The SMILES string of the molecule is N#Cc1ccc(S(=O)(=O)Nc2cnccc2Cl)cc1Cl. The van der Waals surface area contributed by atoms with Crippen molar-refractivity contribution in [2.24, 2.45) is 0 Å². The molecule has 1 N–H and O–H groups in total. The van der Waals surface area contributed by atoms with Gasteiger partial charge in [0, 0.05) is 6.20 Å². The minimum atomic E-state index is -3.85. The van der Waals surface area contributed by atoms with E-state index in [1.165, 1.54) is 36.7 Å². The van der Waals surface area contributed by atoms with Crippen molar-refractivity contribution >= 4 is 38.9 Å². The molecule has 0 saturated carbocycles. The zero-order chi connectivity index (χ0) is 14.8. The fourth-order valence-electron chi connectivity index (χ4n) is 1.41. The van der Waals surface area contributed by atoms with E-state index in [2.05, 4.69) is 9.71 Å². The molecule has 0 radical (unpaired) electrons. The summed E-state index contributed by atoms with van der Waals surface area (Å²) in [5.74, 6) is 0. The first-order valence-electron chi connectivity index (χ1n) is 5.26. The molecule has 0 bridgehead atoms. The minimum absolute atomic E-state index is 0.0626. The molecule has 8 heteroatoms. The van der Waals surface area contributed by atoms with E-state index < -0.39 is 10.0 Å². The molecular weight excluding hydrogens is 321 g/mol. The minimum Gasteiger partial charge on any atom is -0.277 e. The summed E-state index contributed by atoms with van der Waals surface area (Å²) in [6.07, 6.45) is 2.74. The standard InChI is InChI=1S/C12H7Cl2N3O2S/c13-10-3-4-16-7-12(10)17-20(18,19)9-2-1-8(6-15)11(14)5-9/h1-5,7,17H. The first-order valence-corrected chi connectivity index (χ1v) is 7.50. The van der Waals surface area contributed by atoms with Gasteiger partial charge in [-0.3, -0.25) is 9.71 Å². The van der Waals surface area contributed by atoms with Crippen LogP contribution in [0.3, 0.4) is 0 Å². The van der Waals surface area contributed by atoms with Crippen molar-refractivity contribution in [1.82, 2.24) is 4.98 Å². The van der Waals surface area contributed by atoms with Crippen LogP contribution in [0.4, 0.5) is 5.69 Å². The Morgan fingerprint density at radius 1 is 1.20 bits per heavy atom. The van der Waals surface area contributed by atoms with Crippen LogP contribution in [0.1, 0.15) is 5.56 Å².